The lowest BCUT2D eigenvalue weighted by molar-refractivity contribution is -0.137. The highest BCUT2D eigenvalue weighted by molar-refractivity contribution is 5.80. The van der Waals surface area contributed by atoms with E-state index in [9.17, 15) is 18.0 Å². The van der Waals surface area contributed by atoms with Crippen LogP contribution in [0, 0.1) is 0 Å². The van der Waals surface area contributed by atoms with E-state index in [1.165, 1.54) is 0 Å². The predicted octanol–water partition coefficient (Wildman–Crippen LogP) is 3.65. The molecule has 0 bridgehead atoms. The average molecular weight is 294 g/mol. The van der Waals surface area contributed by atoms with Gasteiger partial charge in [-0.1, -0.05) is 24.3 Å². The van der Waals surface area contributed by atoms with Gasteiger partial charge in [0.1, 0.15) is 12.1 Å². The van der Waals surface area contributed by atoms with Gasteiger partial charge in [-0.3, -0.25) is 4.79 Å². The van der Waals surface area contributed by atoms with Gasteiger partial charge in [0.15, 0.2) is 0 Å². The van der Waals surface area contributed by atoms with Crippen molar-refractivity contribution in [3.05, 3.63) is 47.7 Å². The van der Waals surface area contributed by atoms with Crippen LogP contribution in [0.25, 0.3) is 11.1 Å². The van der Waals surface area contributed by atoms with E-state index >= 15 is 0 Å². The van der Waals surface area contributed by atoms with Crippen LogP contribution in [0.5, 0.6) is 0 Å². The fraction of sp³-hybridized carbons (Fsp3) is 0.200. The van der Waals surface area contributed by atoms with Gasteiger partial charge in [-0.05, 0) is 11.6 Å². The van der Waals surface area contributed by atoms with Gasteiger partial charge in [0.2, 0.25) is 0 Å². The monoisotopic (exact) mass is 294 g/mol. The second-order valence-corrected chi connectivity index (χ2v) is 4.73. The first-order chi connectivity index (χ1) is 9.82. The van der Waals surface area contributed by atoms with Crippen molar-refractivity contribution in [1.82, 2.24) is 4.98 Å². The Morgan fingerprint density at radius 3 is 2.24 bits per heavy atom. The molecule has 0 unspecified atom stereocenters. The first kappa shape index (κ1) is 15.0. The van der Waals surface area contributed by atoms with E-state index in [4.69, 9.17) is 0 Å². The number of nitrogens with zero attached hydrogens (tertiary/aromatic N) is 2. The molecule has 2 rings (SSSR count). The van der Waals surface area contributed by atoms with Crippen molar-refractivity contribution in [2.45, 2.75) is 6.18 Å². The summed E-state index contributed by atoms with van der Waals surface area (Å²) < 4.78 is 38.5. The van der Waals surface area contributed by atoms with Crippen molar-refractivity contribution in [1.29, 1.82) is 0 Å². The van der Waals surface area contributed by atoms with Gasteiger partial charge in [0, 0.05) is 31.4 Å². The van der Waals surface area contributed by atoms with Crippen LogP contribution in [0.4, 0.5) is 19.0 Å². The molecule has 0 aliphatic heterocycles. The van der Waals surface area contributed by atoms with Crippen molar-refractivity contribution < 1.29 is 18.0 Å². The van der Waals surface area contributed by atoms with Crippen molar-refractivity contribution >= 4 is 12.1 Å². The van der Waals surface area contributed by atoms with Gasteiger partial charge < -0.3 is 4.90 Å². The molecule has 0 radical (unpaired) electrons. The van der Waals surface area contributed by atoms with Crippen molar-refractivity contribution in [2.24, 2.45) is 0 Å². The van der Waals surface area contributed by atoms with Gasteiger partial charge in [0.05, 0.1) is 5.56 Å². The number of rotatable bonds is 3. The first-order valence-electron chi connectivity index (χ1n) is 6.13. The van der Waals surface area contributed by atoms with Crippen LogP contribution in [-0.4, -0.2) is 25.4 Å². The molecule has 3 nitrogen and oxygen atoms in total. The zero-order chi connectivity index (χ0) is 15.6. The molecule has 0 aliphatic carbocycles. The summed E-state index contributed by atoms with van der Waals surface area (Å²) in [6.07, 6.45) is -2.95. The van der Waals surface area contributed by atoms with E-state index < -0.39 is 11.7 Å². The maximum atomic E-state index is 12.8. The zero-order valence-corrected chi connectivity index (χ0v) is 11.5. The molecule has 0 N–H and O–H groups in total. The molecule has 0 saturated carbocycles. The Labute approximate surface area is 120 Å². The van der Waals surface area contributed by atoms with E-state index in [1.807, 2.05) is 0 Å². The van der Waals surface area contributed by atoms with Crippen LogP contribution in [0.15, 0.2) is 36.5 Å². The van der Waals surface area contributed by atoms with Crippen LogP contribution >= 0.6 is 0 Å². The van der Waals surface area contributed by atoms with E-state index in [0.29, 0.717) is 28.8 Å². The van der Waals surface area contributed by atoms with Crippen LogP contribution < -0.4 is 4.90 Å². The van der Waals surface area contributed by atoms with Crippen LogP contribution in [0.1, 0.15) is 15.9 Å². The molecule has 0 fully saturated rings. The number of aldehydes is 1. The summed E-state index contributed by atoms with van der Waals surface area (Å²) in [6.45, 7) is 0. The van der Waals surface area contributed by atoms with Crippen LogP contribution in [-0.2, 0) is 6.18 Å². The summed E-state index contributed by atoms with van der Waals surface area (Å²) in [5.74, 6) is 0.432. The highest BCUT2D eigenvalue weighted by Crippen LogP contribution is 2.35. The summed E-state index contributed by atoms with van der Waals surface area (Å²) >= 11 is 0. The molecule has 0 amide bonds. The molecular weight excluding hydrogens is 281 g/mol. The molecule has 1 heterocycles. The standard InChI is InChI=1S/C15H13F3N2O/c1-20(2)14-13(7-12(8-19-14)15(16,17)18)11-5-3-10(9-21)4-6-11/h3-9H,1-2H3. The molecule has 0 saturated heterocycles. The lowest BCUT2D eigenvalue weighted by atomic mass is 10.0. The fourth-order valence-electron chi connectivity index (χ4n) is 1.92. The molecule has 21 heavy (non-hydrogen) atoms. The lowest BCUT2D eigenvalue weighted by Gasteiger charge is -2.18. The normalized spacial score (nSPS) is 11.3. The Morgan fingerprint density at radius 2 is 1.76 bits per heavy atom. The highest BCUT2D eigenvalue weighted by Gasteiger charge is 2.32. The average Bonchev–Trinajstić information content (AvgIpc) is 2.45. The highest BCUT2D eigenvalue weighted by atomic mass is 19.4. The van der Waals surface area contributed by atoms with E-state index in [0.717, 1.165) is 12.3 Å². The molecule has 2 aromatic rings. The third-order valence-electron chi connectivity index (χ3n) is 2.98. The number of hydrogen-bond acceptors (Lipinski definition) is 3. The number of aromatic nitrogens is 1. The molecule has 0 spiro atoms. The third kappa shape index (κ3) is 3.21. The molecule has 1 aromatic heterocycles. The SMILES string of the molecule is CN(C)c1ncc(C(F)(F)F)cc1-c1ccc(C=O)cc1. The van der Waals surface area contributed by atoms with Crippen molar-refractivity contribution in [2.75, 3.05) is 19.0 Å². The summed E-state index contributed by atoms with van der Waals surface area (Å²) in [4.78, 5) is 16.2. The van der Waals surface area contributed by atoms with Gasteiger partial charge in [-0.2, -0.15) is 13.2 Å². The number of pyridine rings is 1. The zero-order valence-electron chi connectivity index (χ0n) is 11.5. The third-order valence-corrected chi connectivity index (χ3v) is 2.98. The maximum absolute atomic E-state index is 12.8. The van der Waals surface area contributed by atoms with Crippen molar-refractivity contribution in [3.63, 3.8) is 0 Å². The summed E-state index contributed by atoms with van der Waals surface area (Å²) in [6, 6.07) is 7.39. The molecule has 6 heteroatoms. The largest absolute Gasteiger partial charge is 0.417 e. The minimum absolute atomic E-state index is 0.368. The molecule has 1 aromatic carbocycles. The second kappa shape index (κ2) is 5.55. The number of carbonyl (C=O) groups excluding carboxylic acids is 1. The molecule has 110 valence electrons. The first-order valence-corrected chi connectivity index (χ1v) is 6.13. The second-order valence-electron chi connectivity index (χ2n) is 4.73. The summed E-state index contributed by atoms with van der Waals surface area (Å²) in [5, 5.41) is 0. The van der Waals surface area contributed by atoms with E-state index in [2.05, 4.69) is 4.98 Å². The Bertz CT molecular complexity index is 649. The van der Waals surface area contributed by atoms with Gasteiger partial charge in [0.25, 0.3) is 0 Å². The summed E-state index contributed by atoms with van der Waals surface area (Å²) in [5.41, 5.74) is 0.600. The quantitative estimate of drug-likeness (QED) is 0.810. The van der Waals surface area contributed by atoms with Crippen molar-refractivity contribution in [3.8, 4) is 11.1 Å². The maximum Gasteiger partial charge on any atom is 0.417 e. The van der Waals surface area contributed by atoms with Crippen LogP contribution in [0.3, 0.4) is 0 Å². The fourth-order valence-corrected chi connectivity index (χ4v) is 1.92. The van der Waals surface area contributed by atoms with E-state index in [1.54, 1.807) is 43.3 Å². The Kier molecular flexibility index (Phi) is 3.97. The minimum Gasteiger partial charge on any atom is -0.362 e. The van der Waals surface area contributed by atoms with Gasteiger partial charge >= 0.3 is 6.18 Å². The molecule has 0 atom stereocenters. The van der Waals surface area contributed by atoms with Gasteiger partial charge in [-0.15, -0.1) is 0 Å². The minimum atomic E-state index is -4.45. The topological polar surface area (TPSA) is 33.2 Å². The number of anilines is 1. The number of hydrogen-bond donors (Lipinski definition) is 0. The number of halogens is 3. The smallest absolute Gasteiger partial charge is 0.362 e. The van der Waals surface area contributed by atoms with Crippen LogP contribution in [0.2, 0.25) is 0 Å². The molecular formula is C15H13F3N2O. The number of carbonyl (C=O) groups is 1. The Balaban J connectivity index is 2.59. The number of alkyl halides is 3. The number of benzene rings is 1. The predicted molar refractivity (Wildman–Crippen MR) is 74.4 cm³/mol. The molecule has 0 aliphatic rings. The summed E-state index contributed by atoms with van der Waals surface area (Å²) in [7, 11) is 3.41. The Hall–Kier alpha value is -2.37. The van der Waals surface area contributed by atoms with Gasteiger partial charge in [-0.25, -0.2) is 4.98 Å². The Morgan fingerprint density at radius 1 is 1.14 bits per heavy atom. The van der Waals surface area contributed by atoms with E-state index in [-0.39, 0.29) is 0 Å². The lowest BCUT2D eigenvalue weighted by Crippen LogP contribution is -2.14.